The van der Waals surface area contributed by atoms with Crippen molar-refractivity contribution in [3.8, 4) is 5.88 Å². The molecule has 1 aromatic heterocycles. The smallest absolute Gasteiger partial charge is 0.380 e. The fourth-order valence-electron chi connectivity index (χ4n) is 1.30. The number of aromatic nitrogens is 2. The topological polar surface area (TPSA) is 128 Å². The Bertz CT molecular complexity index is 676. The molecule has 90 valence electrons. The second-order valence-electron chi connectivity index (χ2n) is 3.16. The van der Waals surface area contributed by atoms with E-state index in [-0.39, 0.29) is 5.52 Å². The molecule has 0 bridgehead atoms. The average Bonchev–Trinajstić information content (AvgIpc) is 2.24. The van der Waals surface area contributed by atoms with Gasteiger partial charge in [-0.05, 0) is 12.1 Å². The number of para-hydroxylation sites is 2. The largest absolute Gasteiger partial charge is 0.526 e. The lowest BCUT2D eigenvalue weighted by molar-refractivity contribution is 0.278. The van der Waals surface area contributed by atoms with Crippen molar-refractivity contribution in [2.24, 2.45) is 0 Å². The molecule has 0 amide bonds. The zero-order valence-corrected chi connectivity index (χ0v) is 9.24. The number of nitrogen functional groups attached to an aromatic ring is 1. The lowest BCUT2D eigenvalue weighted by Crippen LogP contribution is -2.29. The van der Waals surface area contributed by atoms with Gasteiger partial charge in [-0.1, -0.05) is 12.1 Å². The Morgan fingerprint density at radius 3 is 2.65 bits per heavy atom. The highest BCUT2D eigenvalue weighted by atomic mass is 31.2. The fourth-order valence-corrected chi connectivity index (χ4v) is 1.65. The Kier molecular flexibility index (Phi) is 2.62. The van der Waals surface area contributed by atoms with Gasteiger partial charge >= 0.3 is 13.4 Å². The molecule has 2 rings (SSSR count). The molecule has 8 nitrogen and oxygen atoms in total. The van der Waals surface area contributed by atoms with E-state index in [9.17, 15) is 9.36 Å². The quantitative estimate of drug-likeness (QED) is 0.492. The monoisotopic (exact) mass is 257 g/mol. The van der Waals surface area contributed by atoms with Crippen molar-refractivity contribution in [1.29, 1.82) is 0 Å². The first kappa shape index (κ1) is 11.6. The standard InChI is InChI=1S/C8H8N3O5P/c9-11-6-4-2-1-3-5(6)10-7(8(11)12)16-17(13,14)15/h1-4H,9H2,(H2,13,14,15). The van der Waals surface area contributed by atoms with Crippen LogP contribution < -0.4 is 15.9 Å². The van der Waals surface area contributed by atoms with Crippen molar-refractivity contribution in [3.63, 3.8) is 0 Å². The number of rotatable bonds is 2. The van der Waals surface area contributed by atoms with E-state index in [1.165, 1.54) is 6.07 Å². The molecule has 0 atom stereocenters. The first-order chi connectivity index (χ1) is 7.88. The van der Waals surface area contributed by atoms with Crippen LogP contribution in [0.5, 0.6) is 5.88 Å². The van der Waals surface area contributed by atoms with Gasteiger partial charge in [0.25, 0.3) is 5.88 Å². The number of hydrogen-bond donors (Lipinski definition) is 3. The van der Waals surface area contributed by atoms with E-state index in [0.717, 1.165) is 0 Å². The molecule has 1 aromatic carbocycles. The summed E-state index contributed by atoms with van der Waals surface area (Å²) in [5.74, 6) is 4.73. The Morgan fingerprint density at radius 1 is 1.35 bits per heavy atom. The molecule has 17 heavy (non-hydrogen) atoms. The molecule has 0 aliphatic carbocycles. The summed E-state index contributed by atoms with van der Waals surface area (Å²) in [6.45, 7) is 0. The average molecular weight is 257 g/mol. The van der Waals surface area contributed by atoms with Crippen LogP contribution in [0.1, 0.15) is 0 Å². The molecule has 4 N–H and O–H groups in total. The summed E-state index contributed by atoms with van der Waals surface area (Å²) in [6, 6.07) is 6.37. The van der Waals surface area contributed by atoms with Gasteiger partial charge in [-0.3, -0.25) is 14.6 Å². The van der Waals surface area contributed by atoms with Crippen LogP contribution in [0.4, 0.5) is 0 Å². The minimum Gasteiger partial charge on any atom is -0.380 e. The normalized spacial score (nSPS) is 11.6. The number of nitrogens with zero attached hydrogens (tertiary/aromatic N) is 2. The number of fused-ring (bicyclic) bond motifs is 1. The Labute approximate surface area is 94.5 Å². The minimum atomic E-state index is -4.84. The highest BCUT2D eigenvalue weighted by molar-refractivity contribution is 7.46. The van der Waals surface area contributed by atoms with E-state index in [4.69, 9.17) is 15.6 Å². The predicted octanol–water partition coefficient (Wildman–Crippen LogP) is -0.418. The second-order valence-corrected chi connectivity index (χ2v) is 4.33. The maximum absolute atomic E-state index is 11.6. The Morgan fingerprint density at radius 2 is 2.00 bits per heavy atom. The molecule has 0 aliphatic heterocycles. The zero-order chi connectivity index (χ0) is 12.6. The molecule has 0 aliphatic rings. The Balaban J connectivity index is 2.70. The van der Waals surface area contributed by atoms with E-state index in [0.29, 0.717) is 10.2 Å². The van der Waals surface area contributed by atoms with E-state index < -0.39 is 19.3 Å². The van der Waals surface area contributed by atoms with Gasteiger partial charge in [-0.25, -0.2) is 14.2 Å². The highest BCUT2D eigenvalue weighted by Crippen LogP contribution is 2.35. The third kappa shape index (κ3) is 2.28. The molecule has 0 fully saturated rings. The van der Waals surface area contributed by atoms with Crippen LogP contribution >= 0.6 is 7.82 Å². The summed E-state index contributed by atoms with van der Waals surface area (Å²) in [5, 5.41) is 0. The SMILES string of the molecule is Nn1c(=O)c(OP(=O)(O)O)nc2ccccc21. The summed E-state index contributed by atoms with van der Waals surface area (Å²) in [5.41, 5.74) is -0.305. The first-order valence-corrected chi connectivity index (χ1v) is 5.93. The van der Waals surface area contributed by atoms with E-state index in [1.54, 1.807) is 18.2 Å². The summed E-state index contributed by atoms with van der Waals surface area (Å²) < 4.78 is 15.5. The van der Waals surface area contributed by atoms with E-state index >= 15 is 0 Å². The number of benzene rings is 1. The van der Waals surface area contributed by atoms with Crippen molar-refractivity contribution in [2.75, 3.05) is 5.84 Å². The number of nitrogens with two attached hydrogens (primary N) is 1. The maximum atomic E-state index is 11.6. The zero-order valence-electron chi connectivity index (χ0n) is 8.35. The number of phosphoric ester groups is 1. The van der Waals surface area contributed by atoms with Crippen LogP contribution in [0.2, 0.25) is 0 Å². The van der Waals surface area contributed by atoms with Crippen LogP contribution in [0.3, 0.4) is 0 Å². The van der Waals surface area contributed by atoms with Crippen LogP contribution in [-0.2, 0) is 4.57 Å². The summed E-state index contributed by atoms with van der Waals surface area (Å²) >= 11 is 0. The number of hydrogen-bond acceptors (Lipinski definition) is 5. The molecule has 1 heterocycles. The van der Waals surface area contributed by atoms with Crippen molar-refractivity contribution in [1.82, 2.24) is 9.66 Å². The molecular formula is C8H8N3O5P. The third-order valence-electron chi connectivity index (χ3n) is 1.97. The van der Waals surface area contributed by atoms with Crippen molar-refractivity contribution < 1.29 is 18.9 Å². The lowest BCUT2D eigenvalue weighted by atomic mass is 10.3. The van der Waals surface area contributed by atoms with Crippen LogP contribution in [-0.4, -0.2) is 19.4 Å². The van der Waals surface area contributed by atoms with Crippen LogP contribution in [0.15, 0.2) is 29.1 Å². The summed E-state index contributed by atoms with van der Waals surface area (Å²) in [7, 11) is -4.84. The molecule has 0 saturated carbocycles. The van der Waals surface area contributed by atoms with Crippen LogP contribution in [0, 0.1) is 0 Å². The number of phosphoric acid groups is 1. The molecule has 0 radical (unpaired) electrons. The summed E-state index contributed by atoms with van der Waals surface area (Å²) in [6.07, 6.45) is 0. The molecule has 0 unspecified atom stereocenters. The van der Waals surface area contributed by atoms with Gasteiger partial charge in [0.05, 0.1) is 11.0 Å². The molecule has 0 spiro atoms. The second kappa shape index (κ2) is 3.85. The van der Waals surface area contributed by atoms with Gasteiger partial charge in [0.2, 0.25) is 0 Å². The first-order valence-electron chi connectivity index (χ1n) is 4.40. The third-order valence-corrected chi connectivity index (χ3v) is 2.38. The van der Waals surface area contributed by atoms with Crippen molar-refractivity contribution in [3.05, 3.63) is 34.6 Å². The van der Waals surface area contributed by atoms with Gasteiger partial charge in [0, 0.05) is 0 Å². The van der Waals surface area contributed by atoms with E-state index in [1.807, 2.05) is 0 Å². The molecular weight excluding hydrogens is 249 g/mol. The minimum absolute atomic E-state index is 0.290. The molecule has 2 aromatic rings. The Hall–Kier alpha value is -1.89. The van der Waals surface area contributed by atoms with Gasteiger partial charge in [-0.15, -0.1) is 0 Å². The van der Waals surface area contributed by atoms with Crippen molar-refractivity contribution >= 4 is 18.9 Å². The van der Waals surface area contributed by atoms with Gasteiger partial charge in [-0.2, -0.15) is 0 Å². The van der Waals surface area contributed by atoms with Gasteiger partial charge in [0.15, 0.2) is 0 Å². The predicted molar refractivity (Wildman–Crippen MR) is 58.8 cm³/mol. The van der Waals surface area contributed by atoms with E-state index in [2.05, 4.69) is 9.51 Å². The highest BCUT2D eigenvalue weighted by Gasteiger charge is 2.21. The van der Waals surface area contributed by atoms with Crippen molar-refractivity contribution in [2.45, 2.75) is 0 Å². The van der Waals surface area contributed by atoms with Crippen LogP contribution in [0.25, 0.3) is 11.0 Å². The lowest BCUT2D eigenvalue weighted by Gasteiger charge is -2.08. The fraction of sp³-hybridized carbons (Fsp3) is 0. The maximum Gasteiger partial charge on any atom is 0.526 e. The molecule has 9 heteroatoms. The van der Waals surface area contributed by atoms with Gasteiger partial charge < -0.3 is 10.4 Å². The summed E-state index contributed by atoms with van der Waals surface area (Å²) in [4.78, 5) is 32.5. The van der Waals surface area contributed by atoms with Gasteiger partial charge in [0.1, 0.15) is 0 Å². The molecule has 0 saturated heterocycles.